The minimum Gasteiger partial charge on any atom is -0.410 e. The molecule has 1 heterocycles. The second-order valence-electron chi connectivity index (χ2n) is 4.95. The molecule has 0 saturated carbocycles. The first kappa shape index (κ1) is 13.9. The summed E-state index contributed by atoms with van der Waals surface area (Å²) in [6, 6.07) is 9.49. The van der Waals surface area contributed by atoms with Gasteiger partial charge in [0.1, 0.15) is 5.75 Å². The Morgan fingerprint density at radius 2 is 2.21 bits per heavy atom. The standard InChI is InChI=1S/C15H22N2O2/c1-2-12-7-6-10-16-14(12)11-17-15(18)19-13-8-4-3-5-9-13/h3-5,8-9,12,14,16H,2,6-7,10-11H2,1H3,(H,17,18). The zero-order chi connectivity index (χ0) is 13.5. The van der Waals surface area contributed by atoms with Gasteiger partial charge in [-0.3, -0.25) is 0 Å². The van der Waals surface area contributed by atoms with Gasteiger partial charge >= 0.3 is 6.09 Å². The summed E-state index contributed by atoms with van der Waals surface area (Å²) in [6.07, 6.45) is 3.23. The van der Waals surface area contributed by atoms with E-state index in [2.05, 4.69) is 17.6 Å². The van der Waals surface area contributed by atoms with E-state index in [1.807, 2.05) is 18.2 Å². The molecule has 0 aliphatic carbocycles. The Bertz CT molecular complexity index is 394. The van der Waals surface area contributed by atoms with Crippen molar-refractivity contribution in [3.8, 4) is 5.75 Å². The highest BCUT2D eigenvalue weighted by atomic mass is 16.6. The first-order chi connectivity index (χ1) is 9.29. The topological polar surface area (TPSA) is 50.4 Å². The lowest BCUT2D eigenvalue weighted by atomic mass is 9.89. The second kappa shape index (κ2) is 7.14. The van der Waals surface area contributed by atoms with Crippen molar-refractivity contribution in [3.05, 3.63) is 30.3 Å². The lowest BCUT2D eigenvalue weighted by Gasteiger charge is -2.31. The van der Waals surface area contributed by atoms with E-state index < -0.39 is 0 Å². The van der Waals surface area contributed by atoms with Crippen molar-refractivity contribution in [2.75, 3.05) is 13.1 Å². The molecule has 1 amide bonds. The third-order valence-corrected chi connectivity index (χ3v) is 3.67. The monoisotopic (exact) mass is 262 g/mol. The number of carbonyl (C=O) groups is 1. The van der Waals surface area contributed by atoms with Gasteiger partial charge in [-0.2, -0.15) is 0 Å². The second-order valence-corrected chi connectivity index (χ2v) is 4.95. The quantitative estimate of drug-likeness (QED) is 0.876. The smallest absolute Gasteiger partial charge is 0.410 e. The van der Waals surface area contributed by atoms with Crippen LogP contribution in [0.3, 0.4) is 0 Å². The molecule has 2 atom stereocenters. The number of piperidine rings is 1. The van der Waals surface area contributed by atoms with Crippen LogP contribution in [0.15, 0.2) is 30.3 Å². The maximum absolute atomic E-state index is 11.7. The van der Waals surface area contributed by atoms with Gasteiger partial charge < -0.3 is 15.4 Å². The minimum atomic E-state index is -0.381. The number of para-hydroxylation sites is 1. The van der Waals surface area contributed by atoms with Gasteiger partial charge in [0.15, 0.2) is 0 Å². The molecule has 2 rings (SSSR count). The molecule has 0 radical (unpaired) electrons. The summed E-state index contributed by atoms with van der Waals surface area (Å²) in [4.78, 5) is 11.7. The van der Waals surface area contributed by atoms with Crippen LogP contribution >= 0.6 is 0 Å². The average molecular weight is 262 g/mol. The molecule has 19 heavy (non-hydrogen) atoms. The Labute approximate surface area is 114 Å². The number of benzene rings is 1. The van der Waals surface area contributed by atoms with Gasteiger partial charge in [0, 0.05) is 12.6 Å². The third-order valence-electron chi connectivity index (χ3n) is 3.67. The van der Waals surface area contributed by atoms with E-state index in [4.69, 9.17) is 4.74 Å². The first-order valence-corrected chi connectivity index (χ1v) is 7.03. The minimum absolute atomic E-state index is 0.363. The van der Waals surface area contributed by atoms with Crippen LogP contribution in [0.2, 0.25) is 0 Å². The van der Waals surface area contributed by atoms with Crippen LogP contribution in [0.25, 0.3) is 0 Å². The Balaban J connectivity index is 1.76. The predicted octanol–water partition coefficient (Wildman–Crippen LogP) is 2.55. The van der Waals surface area contributed by atoms with Crippen LogP contribution in [-0.2, 0) is 0 Å². The number of amides is 1. The van der Waals surface area contributed by atoms with Gasteiger partial charge in [-0.1, -0.05) is 31.5 Å². The summed E-state index contributed by atoms with van der Waals surface area (Å²) in [5.74, 6) is 1.22. The van der Waals surface area contributed by atoms with Crippen LogP contribution in [0.4, 0.5) is 4.79 Å². The van der Waals surface area contributed by atoms with Gasteiger partial charge in [0.2, 0.25) is 0 Å². The summed E-state index contributed by atoms with van der Waals surface area (Å²) in [5.41, 5.74) is 0. The molecule has 4 heteroatoms. The maximum atomic E-state index is 11.7. The van der Waals surface area contributed by atoms with Crippen LogP contribution in [-0.4, -0.2) is 25.2 Å². The van der Waals surface area contributed by atoms with Crippen molar-refractivity contribution < 1.29 is 9.53 Å². The van der Waals surface area contributed by atoms with Gasteiger partial charge in [-0.25, -0.2) is 4.79 Å². The molecular formula is C15H22N2O2. The molecule has 0 spiro atoms. The SMILES string of the molecule is CCC1CCCNC1CNC(=O)Oc1ccccc1. The summed E-state index contributed by atoms with van der Waals surface area (Å²) in [6.45, 7) is 3.87. The molecule has 0 bridgehead atoms. The number of rotatable bonds is 4. The Hall–Kier alpha value is -1.55. The molecule has 1 saturated heterocycles. The van der Waals surface area contributed by atoms with Crippen molar-refractivity contribution in [2.24, 2.45) is 5.92 Å². The zero-order valence-electron chi connectivity index (χ0n) is 11.4. The van der Waals surface area contributed by atoms with E-state index in [0.29, 0.717) is 24.3 Å². The summed E-state index contributed by atoms with van der Waals surface area (Å²) < 4.78 is 5.20. The van der Waals surface area contributed by atoms with E-state index in [1.165, 1.54) is 12.8 Å². The molecule has 4 nitrogen and oxygen atoms in total. The zero-order valence-corrected chi connectivity index (χ0v) is 11.4. The van der Waals surface area contributed by atoms with E-state index in [0.717, 1.165) is 13.0 Å². The summed E-state index contributed by atoms with van der Waals surface area (Å²) in [5, 5.41) is 6.31. The number of ether oxygens (including phenoxy) is 1. The molecule has 1 aromatic rings. The van der Waals surface area contributed by atoms with Crippen molar-refractivity contribution in [1.82, 2.24) is 10.6 Å². The fourth-order valence-corrected chi connectivity index (χ4v) is 2.57. The summed E-state index contributed by atoms with van der Waals surface area (Å²) in [7, 11) is 0. The van der Waals surface area contributed by atoms with Crippen molar-refractivity contribution in [1.29, 1.82) is 0 Å². The van der Waals surface area contributed by atoms with Crippen molar-refractivity contribution in [3.63, 3.8) is 0 Å². The molecular weight excluding hydrogens is 240 g/mol. The molecule has 2 N–H and O–H groups in total. The number of carbonyl (C=O) groups excluding carboxylic acids is 1. The molecule has 0 aromatic heterocycles. The first-order valence-electron chi connectivity index (χ1n) is 7.03. The predicted molar refractivity (Wildman–Crippen MR) is 75.3 cm³/mol. The Morgan fingerprint density at radius 3 is 2.95 bits per heavy atom. The van der Waals surface area contributed by atoms with Crippen LogP contribution < -0.4 is 15.4 Å². The normalized spacial score (nSPS) is 22.8. The van der Waals surface area contributed by atoms with Crippen LogP contribution in [0.1, 0.15) is 26.2 Å². The van der Waals surface area contributed by atoms with Crippen LogP contribution in [0, 0.1) is 5.92 Å². The highest BCUT2D eigenvalue weighted by Crippen LogP contribution is 2.19. The van der Waals surface area contributed by atoms with Gasteiger partial charge in [-0.05, 0) is 37.4 Å². The Kier molecular flexibility index (Phi) is 5.21. The fraction of sp³-hybridized carbons (Fsp3) is 0.533. The van der Waals surface area contributed by atoms with E-state index in [-0.39, 0.29) is 6.09 Å². The van der Waals surface area contributed by atoms with E-state index in [9.17, 15) is 4.79 Å². The van der Waals surface area contributed by atoms with Gasteiger partial charge in [0.05, 0.1) is 0 Å². The van der Waals surface area contributed by atoms with Gasteiger partial charge in [-0.15, -0.1) is 0 Å². The molecule has 2 unspecified atom stereocenters. The molecule has 104 valence electrons. The fourth-order valence-electron chi connectivity index (χ4n) is 2.57. The lowest BCUT2D eigenvalue weighted by Crippen LogP contribution is -2.49. The number of nitrogens with one attached hydrogen (secondary N) is 2. The number of hydrogen-bond donors (Lipinski definition) is 2. The average Bonchev–Trinajstić information content (AvgIpc) is 2.46. The van der Waals surface area contributed by atoms with Crippen LogP contribution in [0.5, 0.6) is 5.75 Å². The lowest BCUT2D eigenvalue weighted by molar-refractivity contribution is 0.193. The maximum Gasteiger partial charge on any atom is 0.412 e. The molecule has 1 fully saturated rings. The molecule has 1 aromatic carbocycles. The summed E-state index contributed by atoms with van der Waals surface area (Å²) >= 11 is 0. The van der Waals surface area contributed by atoms with E-state index >= 15 is 0 Å². The van der Waals surface area contributed by atoms with Crippen molar-refractivity contribution >= 4 is 6.09 Å². The third kappa shape index (κ3) is 4.24. The van der Waals surface area contributed by atoms with E-state index in [1.54, 1.807) is 12.1 Å². The molecule has 1 aliphatic heterocycles. The van der Waals surface area contributed by atoms with Crippen molar-refractivity contribution in [2.45, 2.75) is 32.2 Å². The highest BCUT2D eigenvalue weighted by molar-refractivity contribution is 5.70. The largest absolute Gasteiger partial charge is 0.412 e. The number of hydrogen-bond acceptors (Lipinski definition) is 3. The highest BCUT2D eigenvalue weighted by Gasteiger charge is 2.23. The van der Waals surface area contributed by atoms with Gasteiger partial charge in [0.25, 0.3) is 0 Å². The molecule has 1 aliphatic rings. The Morgan fingerprint density at radius 1 is 1.42 bits per heavy atom.